The van der Waals surface area contributed by atoms with E-state index in [2.05, 4.69) is 5.32 Å². The van der Waals surface area contributed by atoms with E-state index in [0.717, 1.165) is 16.1 Å². The molecule has 2 heterocycles. The number of hydrogen-bond donors (Lipinski definition) is 2. The molecule has 1 saturated heterocycles. The molecular weight excluding hydrogens is 362 g/mol. The summed E-state index contributed by atoms with van der Waals surface area (Å²) in [5, 5.41) is 15.8. The summed E-state index contributed by atoms with van der Waals surface area (Å²) in [7, 11) is 3.33. The Morgan fingerprint density at radius 3 is 2.74 bits per heavy atom. The molecule has 0 aliphatic carbocycles. The van der Waals surface area contributed by atoms with Crippen molar-refractivity contribution >= 4 is 29.0 Å². The summed E-state index contributed by atoms with van der Waals surface area (Å²) in [6, 6.07) is 11.4. The summed E-state index contributed by atoms with van der Waals surface area (Å²) in [6.45, 7) is 0.713. The Morgan fingerprint density at radius 2 is 2.04 bits per heavy atom. The fraction of sp³-hybridized carbons (Fsp3) is 0.400. The highest BCUT2D eigenvalue weighted by atomic mass is 32.1. The van der Waals surface area contributed by atoms with Gasteiger partial charge in [-0.2, -0.15) is 0 Å². The molecule has 1 aromatic carbocycles. The Morgan fingerprint density at radius 1 is 1.26 bits per heavy atom. The summed E-state index contributed by atoms with van der Waals surface area (Å²) < 4.78 is 0. The number of aliphatic hydroxyl groups is 1. The number of para-hydroxylation sites is 1. The van der Waals surface area contributed by atoms with Crippen molar-refractivity contribution in [3.05, 3.63) is 41.8 Å². The Kier molecular flexibility index (Phi) is 5.82. The van der Waals surface area contributed by atoms with Gasteiger partial charge in [-0.05, 0) is 30.4 Å². The third kappa shape index (κ3) is 4.67. The number of piperidine rings is 1. The SMILES string of the molecule is CN(C)C(=O)CC1(O)CCCN(C(=O)Nc2ccccc2-c2cccs2)C1. The minimum atomic E-state index is -1.18. The van der Waals surface area contributed by atoms with Crippen molar-refractivity contribution in [2.24, 2.45) is 0 Å². The number of anilines is 1. The van der Waals surface area contributed by atoms with E-state index in [9.17, 15) is 14.7 Å². The first-order chi connectivity index (χ1) is 12.9. The van der Waals surface area contributed by atoms with Crippen LogP contribution >= 0.6 is 11.3 Å². The molecule has 2 N–H and O–H groups in total. The van der Waals surface area contributed by atoms with Crippen LogP contribution in [0.2, 0.25) is 0 Å². The maximum atomic E-state index is 12.8. The average Bonchev–Trinajstić information content (AvgIpc) is 3.16. The van der Waals surface area contributed by atoms with Gasteiger partial charge >= 0.3 is 6.03 Å². The van der Waals surface area contributed by atoms with Crippen LogP contribution in [0.4, 0.5) is 10.5 Å². The number of carbonyl (C=O) groups excluding carboxylic acids is 2. The number of β-amino-alcohol motifs (C(OH)–C–C–N with tert-alkyl or cyclic N) is 1. The van der Waals surface area contributed by atoms with Crippen LogP contribution in [0, 0.1) is 0 Å². The van der Waals surface area contributed by atoms with Crippen LogP contribution in [0.15, 0.2) is 41.8 Å². The van der Waals surface area contributed by atoms with Crippen molar-refractivity contribution in [3.8, 4) is 10.4 Å². The molecule has 1 unspecified atom stereocenters. The highest BCUT2D eigenvalue weighted by molar-refractivity contribution is 7.13. The van der Waals surface area contributed by atoms with Gasteiger partial charge in [0, 0.05) is 31.1 Å². The number of urea groups is 1. The first-order valence-electron chi connectivity index (χ1n) is 8.99. The molecule has 144 valence electrons. The van der Waals surface area contributed by atoms with Crippen molar-refractivity contribution in [2.45, 2.75) is 24.9 Å². The van der Waals surface area contributed by atoms with Gasteiger partial charge in [0.2, 0.25) is 5.91 Å². The molecule has 1 fully saturated rings. The molecule has 3 rings (SSSR count). The van der Waals surface area contributed by atoms with Gasteiger partial charge in [0.15, 0.2) is 0 Å². The summed E-state index contributed by atoms with van der Waals surface area (Å²) in [5.41, 5.74) is 0.531. The number of nitrogens with zero attached hydrogens (tertiary/aromatic N) is 2. The third-order valence-electron chi connectivity index (χ3n) is 4.78. The second-order valence-corrected chi connectivity index (χ2v) is 8.12. The van der Waals surface area contributed by atoms with Gasteiger partial charge in [0.05, 0.1) is 24.3 Å². The van der Waals surface area contributed by atoms with Crippen molar-refractivity contribution in [1.29, 1.82) is 0 Å². The van der Waals surface area contributed by atoms with Gasteiger partial charge in [-0.15, -0.1) is 11.3 Å². The average molecular weight is 388 g/mol. The lowest BCUT2D eigenvalue weighted by Gasteiger charge is -2.39. The van der Waals surface area contributed by atoms with E-state index in [1.807, 2.05) is 41.8 Å². The molecule has 0 radical (unpaired) electrons. The Bertz CT molecular complexity index is 807. The minimum Gasteiger partial charge on any atom is -0.387 e. The van der Waals surface area contributed by atoms with E-state index in [1.165, 1.54) is 4.90 Å². The molecule has 27 heavy (non-hydrogen) atoms. The number of thiophene rings is 1. The van der Waals surface area contributed by atoms with Crippen LogP contribution in [0.3, 0.4) is 0 Å². The van der Waals surface area contributed by atoms with E-state index in [4.69, 9.17) is 0 Å². The van der Waals surface area contributed by atoms with E-state index in [0.29, 0.717) is 19.4 Å². The molecule has 1 aliphatic heterocycles. The number of amides is 3. The molecule has 7 heteroatoms. The number of nitrogens with one attached hydrogen (secondary N) is 1. The molecule has 1 aliphatic rings. The molecule has 0 bridgehead atoms. The zero-order valence-corrected chi connectivity index (χ0v) is 16.5. The van der Waals surface area contributed by atoms with Crippen molar-refractivity contribution in [1.82, 2.24) is 9.80 Å². The number of benzene rings is 1. The van der Waals surface area contributed by atoms with Crippen LogP contribution in [0.5, 0.6) is 0 Å². The summed E-state index contributed by atoms with van der Waals surface area (Å²) >= 11 is 1.62. The fourth-order valence-electron chi connectivity index (χ4n) is 3.30. The fourth-order valence-corrected chi connectivity index (χ4v) is 4.07. The molecule has 0 spiro atoms. The highest BCUT2D eigenvalue weighted by Gasteiger charge is 2.37. The van der Waals surface area contributed by atoms with Crippen molar-refractivity contribution in [2.75, 3.05) is 32.5 Å². The largest absolute Gasteiger partial charge is 0.387 e. The maximum Gasteiger partial charge on any atom is 0.321 e. The van der Waals surface area contributed by atoms with Gasteiger partial charge < -0.3 is 20.2 Å². The molecule has 0 saturated carbocycles. The molecule has 2 aromatic rings. The minimum absolute atomic E-state index is 0.0234. The van der Waals surface area contributed by atoms with Crippen LogP contribution in [0.25, 0.3) is 10.4 Å². The number of carbonyl (C=O) groups is 2. The van der Waals surface area contributed by atoms with Gasteiger partial charge in [-0.1, -0.05) is 24.3 Å². The smallest absolute Gasteiger partial charge is 0.321 e. The molecular formula is C20H25N3O3S. The van der Waals surface area contributed by atoms with Crippen molar-refractivity contribution < 1.29 is 14.7 Å². The molecule has 1 aromatic heterocycles. The maximum absolute atomic E-state index is 12.8. The van der Waals surface area contributed by atoms with E-state index < -0.39 is 5.60 Å². The zero-order valence-electron chi connectivity index (χ0n) is 15.6. The summed E-state index contributed by atoms with van der Waals surface area (Å²) in [6.07, 6.45) is 1.20. The van der Waals surface area contributed by atoms with E-state index >= 15 is 0 Å². The lowest BCUT2D eigenvalue weighted by Crippen LogP contribution is -2.53. The molecule has 3 amide bonds. The highest BCUT2D eigenvalue weighted by Crippen LogP contribution is 2.32. The van der Waals surface area contributed by atoms with Gasteiger partial charge in [0.1, 0.15) is 0 Å². The Labute approximate surface area is 163 Å². The standard InChI is InChI=1S/C20H25N3O3S/c1-22(2)18(24)13-20(26)10-6-11-23(14-20)19(25)21-16-8-4-3-7-15(16)17-9-5-12-27-17/h3-5,7-9,12,26H,6,10-11,13-14H2,1-2H3,(H,21,25). The Hall–Kier alpha value is -2.38. The summed E-state index contributed by atoms with van der Waals surface area (Å²) in [5.74, 6) is -0.136. The summed E-state index contributed by atoms with van der Waals surface area (Å²) in [4.78, 5) is 29.0. The first-order valence-corrected chi connectivity index (χ1v) is 9.87. The topological polar surface area (TPSA) is 72.9 Å². The quantitative estimate of drug-likeness (QED) is 0.846. The number of likely N-dealkylation sites (tertiary alicyclic amines) is 1. The third-order valence-corrected chi connectivity index (χ3v) is 5.68. The number of hydrogen-bond acceptors (Lipinski definition) is 4. The second kappa shape index (κ2) is 8.10. The van der Waals surface area contributed by atoms with Gasteiger partial charge in [-0.25, -0.2) is 4.79 Å². The van der Waals surface area contributed by atoms with Gasteiger partial charge in [-0.3, -0.25) is 4.79 Å². The zero-order chi connectivity index (χ0) is 19.4. The number of rotatable bonds is 4. The predicted molar refractivity (Wildman–Crippen MR) is 108 cm³/mol. The van der Waals surface area contributed by atoms with Crippen LogP contribution in [-0.4, -0.2) is 59.6 Å². The van der Waals surface area contributed by atoms with E-state index in [-0.39, 0.29) is 24.9 Å². The molecule has 1 atom stereocenters. The van der Waals surface area contributed by atoms with Crippen LogP contribution < -0.4 is 5.32 Å². The normalized spacial score (nSPS) is 19.6. The lowest BCUT2D eigenvalue weighted by atomic mass is 9.89. The van der Waals surface area contributed by atoms with E-state index in [1.54, 1.807) is 30.3 Å². The monoisotopic (exact) mass is 387 g/mol. The van der Waals surface area contributed by atoms with Crippen LogP contribution in [0.1, 0.15) is 19.3 Å². The first kappa shape index (κ1) is 19.4. The predicted octanol–water partition coefficient (Wildman–Crippen LogP) is 3.25. The second-order valence-electron chi connectivity index (χ2n) is 7.17. The lowest BCUT2D eigenvalue weighted by molar-refractivity contribution is -0.135. The molecule has 6 nitrogen and oxygen atoms in total. The van der Waals surface area contributed by atoms with Crippen molar-refractivity contribution in [3.63, 3.8) is 0 Å². The Balaban J connectivity index is 1.71. The van der Waals surface area contributed by atoms with Crippen LogP contribution in [-0.2, 0) is 4.79 Å². The van der Waals surface area contributed by atoms with Gasteiger partial charge in [0.25, 0.3) is 0 Å².